The van der Waals surface area contributed by atoms with E-state index in [0.717, 1.165) is 12.2 Å². The molecule has 0 amide bonds. The Bertz CT molecular complexity index is 257. The normalized spacial score (nSPS) is 16.3. The number of thioether (sulfide) groups is 1. The Morgan fingerprint density at radius 1 is 1.40 bits per heavy atom. The summed E-state index contributed by atoms with van der Waals surface area (Å²) in [6, 6.07) is 0.00461. The second-order valence-corrected chi connectivity index (χ2v) is 6.93. The van der Waals surface area contributed by atoms with Crippen LogP contribution < -0.4 is 4.72 Å². The fraction of sp³-hybridized carbons (Fsp3) is 1.00. The van der Waals surface area contributed by atoms with Crippen molar-refractivity contribution in [3.8, 4) is 0 Å². The Hall–Kier alpha value is 0.550. The van der Waals surface area contributed by atoms with Gasteiger partial charge in [0.1, 0.15) is 0 Å². The van der Waals surface area contributed by atoms with E-state index in [1.54, 1.807) is 11.8 Å². The fourth-order valence-corrected chi connectivity index (χ4v) is 3.65. The van der Waals surface area contributed by atoms with Crippen molar-refractivity contribution >= 4 is 33.4 Å². The van der Waals surface area contributed by atoms with Gasteiger partial charge in [-0.15, -0.1) is 11.6 Å². The zero-order chi connectivity index (χ0) is 11.9. The number of rotatable bonds is 8. The van der Waals surface area contributed by atoms with Crippen molar-refractivity contribution < 1.29 is 8.42 Å². The number of halogens is 1. The lowest BCUT2D eigenvalue weighted by atomic mass is 10.3. The van der Waals surface area contributed by atoms with Gasteiger partial charge in [0.2, 0.25) is 10.0 Å². The van der Waals surface area contributed by atoms with E-state index in [1.165, 1.54) is 0 Å². The maximum absolute atomic E-state index is 11.6. The van der Waals surface area contributed by atoms with Crippen LogP contribution in [0.2, 0.25) is 0 Å². The number of hydrogen-bond acceptors (Lipinski definition) is 3. The molecule has 92 valence electrons. The standard InChI is InChI=1S/C9H20ClNO2S2/c1-8(6-10)7-15(12,13)11-9(2)4-5-14-3/h8-9,11H,4-7H2,1-3H3. The summed E-state index contributed by atoms with van der Waals surface area (Å²) in [7, 11) is -3.17. The third-order valence-corrected chi connectivity index (χ3v) is 4.84. The third-order valence-electron chi connectivity index (χ3n) is 1.90. The Morgan fingerprint density at radius 2 is 2.00 bits per heavy atom. The molecule has 2 atom stereocenters. The molecule has 0 aromatic carbocycles. The van der Waals surface area contributed by atoms with E-state index in [4.69, 9.17) is 11.6 Å². The Morgan fingerprint density at radius 3 is 2.47 bits per heavy atom. The molecule has 0 saturated heterocycles. The van der Waals surface area contributed by atoms with Crippen LogP contribution in [0.3, 0.4) is 0 Å². The van der Waals surface area contributed by atoms with Gasteiger partial charge in [-0.2, -0.15) is 11.8 Å². The average Bonchev–Trinajstić information content (AvgIpc) is 2.12. The zero-order valence-corrected chi connectivity index (χ0v) is 11.9. The molecule has 0 spiro atoms. The molecular formula is C9H20ClNO2S2. The minimum absolute atomic E-state index is 0.00285. The Kier molecular flexibility index (Phi) is 8.05. The lowest BCUT2D eigenvalue weighted by Gasteiger charge is -2.15. The molecule has 0 aliphatic heterocycles. The van der Waals surface area contributed by atoms with E-state index in [9.17, 15) is 8.42 Å². The predicted octanol–water partition coefficient (Wildman–Crippen LogP) is 1.92. The van der Waals surface area contributed by atoms with Crippen molar-refractivity contribution in [3.63, 3.8) is 0 Å². The first-order valence-electron chi connectivity index (χ1n) is 4.96. The second-order valence-electron chi connectivity index (χ2n) is 3.84. The van der Waals surface area contributed by atoms with Crippen molar-refractivity contribution in [1.82, 2.24) is 4.72 Å². The molecular weight excluding hydrogens is 254 g/mol. The lowest BCUT2D eigenvalue weighted by Crippen LogP contribution is -2.36. The van der Waals surface area contributed by atoms with Gasteiger partial charge in [0.15, 0.2) is 0 Å². The van der Waals surface area contributed by atoms with E-state index >= 15 is 0 Å². The van der Waals surface area contributed by atoms with Crippen molar-refractivity contribution in [2.24, 2.45) is 5.92 Å². The molecule has 0 aromatic heterocycles. The first-order valence-corrected chi connectivity index (χ1v) is 8.54. The molecule has 2 unspecified atom stereocenters. The van der Waals surface area contributed by atoms with Gasteiger partial charge in [0.05, 0.1) is 5.75 Å². The van der Waals surface area contributed by atoms with E-state index in [2.05, 4.69) is 4.72 Å². The molecule has 0 rings (SSSR count). The summed E-state index contributed by atoms with van der Waals surface area (Å²) in [5.74, 6) is 1.45. The number of nitrogens with one attached hydrogen (secondary N) is 1. The van der Waals surface area contributed by atoms with Crippen LogP contribution in [-0.4, -0.2) is 38.1 Å². The minimum Gasteiger partial charge on any atom is -0.212 e. The van der Waals surface area contributed by atoms with Crippen LogP contribution in [0.5, 0.6) is 0 Å². The van der Waals surface area contributed by atoms with E-state index in [-0.39, 0.29) is 17.7 Å². The number of sulfonamides is 1. The molecule has 6 heteroatoms. The monoisotopic (exact) mass is 273 g/mol. The van der Waals surface area contributed by atoms with Gasteiger partial charge < -0.3 is 0 Å². The van der Waals surface area contributed by atoms with Gasteiger partial charge >= 0.3 is 0 Å². The van der Waals surface area contributed by atoms with Crippen LogP contribution in [0.25, 0.3) is 0 Å². The van der Waals surface area contributed by atoms with Crippen LogP contribution in [0.1, 0.15) is 20.3 Å². The predicted molar refractivity (Wildman–Crippen MR) is 69.3 cm³/mol. The summed E-state index contributed by atoms with van der Waals surface area (Å²) in [4.78, 5) is 0. The van der Waals surface area contributed by atoms with Gasteiger partial charge in [-0.25, -0.2) is 13.1 Å². The molecule has 0 radical (unpaired) electrons. The molecule has 0 fully saturated rings. The first-order chi connectivity index (χ1) is 6.91. The van der Waals surface area contributed by atoms with E-state index in [0.29, 0.717) is 5.88 Å². The zero-order valence-electron chi connectivity index (χ0n) is 9.49. The van der Waals surface area contributed by atoms with Crippen molar-refractivity contribution in [3.05, 3.63) is 0 Å². The van der Waals surface area contributed by atoms with Crippen LogP contribution in [0.15, 0.2) is 0 Å². The third kappa shape index (κ3) is 8.37. The summed E-state index contributed by atoms with van der Waals surface area (Å²) in [6.45, 7) is 3.72. The topological polar surface area (TPSA) is 46.2 Å². The largest absolute Gasteiger partial charge is 0.212 e. The van der Waals surface area contributed by atoms with Crippen LogP contribution >= 0.6 is 23.4 Å². The highest BCUT2D eigenvalue weighted by Gasteiger charge is 2.17. The Balaban J connectivity index is 4.02. The highest BCUT2D eigenvalue weighted by Crippen LogP contribution is 2.05. The van der Waals surface area contributed by atoms with E-state index < -0.39 is 10.0 Å². The smallest absolute Gasteiger partial charge is 0.212 e. The molecule has 0 heterocycles. The van der Waals surface area contributed by atoms with Gasteiger partial charge in [0.25, 0.3) is 0 Å². The molecule has 0 saturated carbocycles. The second kappa shape index (κ2) is 7.76. The Labute approximate surface area is 102 Å². The molecule has 0 aromatic rings. The van der Waals surface area contributed by atoms with Crippen LogP contribution in [-0.2, 0) is 10.0 Å². The quantitative estimate of drug-likeness (QED) is 0.688. The molecule has 3 nitrogen and oxygen atoms in total. The van der Waals surface area contributed by atoms with E-state index in [1.807, 2.05) is 20.1 Å². The summed E-state index contributed by atoms with van der Waals surface area (Å²) < 4.78 is 25.9. The van der Waals surface area contributed by atoms with Crippen LogP contribution in [0, 0.1) is 5.92 Å². The molecule has 1 N–H and O–H groups in total. The van der Waals surface area contributed by atoms with Crippen molar-refractivity contribution in [2.45, 2.75) is 26.3 Å². The van der Waals surface area contributed by atoms with Crippen molar-refractivity contribution in [2.75, 3.05) is 23.6 Å². The maximum atomic E-state index is 11.6. The summed E-state index contributed by atoms with van der Waals surface area (Å²) >= 11 is 7.30. The average molecular weight is 274 g/mol. The summed E-state index contributed by atoms with van der Waals surface area (Å²) in [5.41, 5.74) is 0. The lowest BCUT2D eigenvalue weighted by molar-refractivity contribution is 0.546. The first kappa shape index (κ1) is 15.6. The minimum atomic E-state index is -3.17. The molecule has 0 aliphatic carbocycles. The summed E-state index contributed by atoms with van der Waals surface area (Å²) in [6.07, 6.45) is 2.87. The molecule has 0 aliphatic rings. The molecule has 15 heavy (non-hydrogen) atoms. The number of hydrogen-bond donors (Lipinski definition) is 1. The van der Waals surface area contributed by atoms with Crippen molar-refractivity contribution in [1.29, 1.82) is 0 Å². The number of alkyl halides is 1. The highest BCUT2D eigenvalue weighted by molar-refractivity contribution is 7.98. The van der Waals surface area contributed by atoms with Gasteiger partial charge in [-0.3, -0.25) is 0 Å². The van der Waals surface area contributed by atoms with Gasteiger partial charge in [-0.05, 0) is 31.3 Å². The highest BCUT2D eigenvalue weighted by atomic mass is 35.5. The molecule has 0 bridgehead atoms. The maximum Gasteiger partial charge on any atom is 0.212 e. The summed E-state index contributed by atoms with van der Waals surface area (Å²) in [5, 5.41) is 0. The SMILES string of the molecule is CSCCC(C)NS(=O)(=O)CC(C)CCl. The van der Waals surface area contributed by atoms with Gasteiger partial charge in [0, 0.05) is 11.9 Å². The van der Waals surface area contributed by atoms with Crippen LogP contribution in [0.4, 0.5) is 0 Å². The fourth-order valence-electron chi connectivity index (χ4n) is 1.13. The van der Waals surface area contributed by atoms with Gasteiger partial charge in [-0.1, -0.05) is 6.92 Å².